The highest BCUT2D eigenvalue weighted by Crippen LogP contribution is 2.66. The van der Waals surface area contributed by atoms with Gasteiger partial charge in [0.25, 0.3) is 0 Å². The number of unbranched alkanes of at least 4 members (excludes halogenated alkanes) is 5. The predicted octanol–water partition coefficient (Wildman–Crippen LogP) is 7.52. The van der Waals surface area contributed by atoms with Gasteiger partial charge in [-0.05, 0) is 60.8 Å². The van der Waals surface area contributed by atoms with Crippen LogP contribution in [0.2, 0.25) is 0 Å². The second-order valence-corrected chi connectivity index (χ2v) is 10.1. The number of benzene rings is 2. The van der Waals surface area contributed by atoms with Gasteiger partial charge in [0.05, 0.1) is 6.10 Å². The zero-order valence-electron chi connectivity index (χ0n) is 20.2. The molecule has 0 spiro atoms. The topological polar surface area (TPSA) is 57.5 Å². The summed E-state index contributed by atoms with van der Waals surface area (Å²) in [5, 5.41) is 19.8. The van der Waals surface area contributed by atoms with Crippen molar-refractivity contribution in [2.45, 2.75) is 76.7 Å². The second kappa shape index (κ2) is 11.2. The Morgan fingerprint density at radius 2 is 1.53 bits per heavy atom. The van der Waals surface area contributed by atoms with Crippen LogP contribution in [0.3, 0.4) is 0 Å². The van der Waals surface area contributed by atoms with Gasteiger partial charge in [-0.2, -0.15) is 0 Å². The highest BCUT2D eigenvalue weighted by molar-refractivity contribution is 5.90. The van der Waals surface area contributed by atoms with Crippen LogP contribution >= 0.6 is 0 Å². The Balaban J connectivity index is 1.55. The van der Waals surface area contributed by atoms with Crippen molar-refractivity contribution in [3.05, 3.63) is 83.9 Å². The molecule has 34 heavy (non-hydrogen) atoms. The van der Waals surface area contributed by atoms with E-state index in [2.05, 4.69) is 61.2 Å². The quantitative estimate of drug-likeness (QED) is 0.323. The molecule has 0 aliphatic heterocycles. The molecule has 0 heterocycles. The van der Waals surface area contributed by atoms with Gasteiger partial charge in [0.1, 0.15) is 0 Å². The molecule has 180 valence electrons. The maximum atomic E-state index is 11.1. The predicted molar refractivity (Wildman–Crippen MR) is 139 cm³/mol. The number of carbonyl (C=O) groups is 1. The summed E-state index contributed by atoms with van der Waals surface area (Å²) in [6, 6.07) is 21.3. The largest absolute Gasteiger partial charge is 0.481 e. The van der Waals surface area contributed by atoms with E-state index in [9.17, 15) is 9.90 Å². The van der Waals surface area contributed by atoms with E-state index in [-0.39, 0.29) is 23.9 Å². The number of rotatable bonds is 12. The third kappa shape index (κ3) is 5.05. The average Bonchev–Trinajstić information content (AvgIpc) is 3.36. The number of hydrogen-bond donors (Lipinski definition) is 2. The smallest absolute Gasteiger partial charge is 0.303 e. The lowest BCUT2D eigenvalue weighted by molar-refractivity contribution is -0.137. The molecule has 3 heteroatoms. The molecule has 3 unspecified atom stereocenters. The first-order valence-electron chi connectivity index (χ1n) is 13.0. The Hall–Kier alpha value is -2.65. The zero-order chi connectivity index (χ0) is 24.0. The maximum absolute atomic E-state index is 11.1. The third-order valence-corrected chi connectivity index (χ3v) is 8.04. The molecule has 0 radical (unpaired) electrons. The van der Waals surface area contributed by atoms with Crippen LogP contribution in [0, 0.1) is 11.3 Å². The van der Waals surface area contributed by atoms with Gasteiger partial charge in [-0.1, -0.05) is 98.5 Å². The summed E-state index contributed by atoms with van der Waals surface area (Å²) in [7, 11) is 0. The molecule has 3 nitrogen and oxygen atoms in total. The standard InChI is InChI=1S/C31H38O3/c1-23(24-14-9-6-10-15-24)31-21-20-28(32)27(31)22-26(30(31)25-16-11-7-12-17-25)18-8-4-2-3-5-13-19-29(33)34/h6-7,9-12,14-17,27-28,32H,1-5,8,13,18-22H2,(H,33,34). The molecule has 0 saturated heterocycles. The van der Waals surface area contributed by atoms with E-state index in [1.807, 2.05) is 6.07 Å². The number of aliphatic hydroxyl groups excluding tert-OH is 1. The molecule has 2 aliphatic carbocycles. The monoisotopic (exact) mass is 458 g/mol. The number of aliphatic carboxylic acids is 1. The van der Waals surface area contributed by atoms with Gasteiger partial charge in [0.2, 0.25) is 0 Å². The first-order chi connectivity index (χ1) is 16.5. The lowest BCUT2D eigenvalue weighted by Crippen LogP contribution is -2.29. The molecular weight excluding hydrogens is 420 g/mol. The highest BCUT2D eigenvalue weighted by atomic mass is 16.4. The Morgan fingerprint density at radius 1 is 0.912 bits per heavy atom. The Morgan fingerprint density at radius 3 is 2.21 bits per heavy atom. The van der Waals surface area contributed by atoms with Gasteiger partial charge in [-0.25, -0.2) is 0 Å². The van der Waals surface area contributed by atoms with Gasteiger partial charge in [-0.15, -0.1) is 0 Å². The van der Waals surface area contributed by atoms with Gasteiger partial charge >= 0.3 is 5.97 Å². The van der Waals surface area contributed by atoms with Crippen LogP contribution in [0.5, 0.6) is 0 Å². The zero-order valence-corrected chi connectivity index (χ0v) is 20.2. The van der Waals surface area contributed by atoms with Crippen molar-refractivity contribution in [1.82, 2.24) is 0 Å². The molecule has 0 aromatic heterocycles. The lowest BCUT2D eigenvalue weighted by Gasteiger charge is -2.37. The van der Waals surface area contributed by atoms with E-state index < -0.39 is 5.97 Å². The first-order valence-corrected chi connectivity index (χ1v) is 13.0. The molecule has 0 bridgehead atoms. The second-order valence-electron chi connectivity index (χ2n) is 10.1. The molecule has 1 fully saturated rings. The molecule has 2 N–H and O–H groups in total. The number of aliphatic hydroxyl groups is 1. The Bertz CT molecular complexity index is 1010. The normalized spacial score (nSPS) is 23.8. The summed E-state index contributed by atoms with van der Waals surface area (Å²) in [5.74, 6) is -0.498. The molecule has 2 aromatic rings. The number of fused-ring (bicyclic) bond motifs is 1. The molecule has 1 saturated carbocycles. The fraction of sp³-hybridized carbons (Fsp3) is 0.452. The van der Waals surface area contributed by atoms with Crippen LogP contribution in [-0.4, -0.2) is 22.3 Å². The minimum absolute atomic E-state index is 0.196. The number of carboxylic acid groups (broad SMARTS) is 1. The first kappa shape index (κ1) is 24.5. The summed E-state index contributed by atoms with van der Waals surface area (Å²) < 4.78 is 0. The Kier molecular flexibility index (Phi) is 8.05. The summed E-state index contributed by atoms with van der Waals surface area (Å²) >= 11 is 0. The van der Waals surface area contributed by atoms with Crippen LogP contribution in [0.25, 0.3) is 11.1 Å². The number of carboxylic acids is 1. The number of allylic oxidation sites excluding steroid dienone is 3. The van der Waals surface area contributed by atoms with Crippen molar-refractivity contribution in [3.63, 3.8) is 0 Å². The highest BCUT2D eigenvalue weighted by Gasteiger charge is 2.56. The lowest BCUT2D eigenvalue weighted by atomic mass is 9.66. The van der Waals surface area contributed by atoms with Crippen molar-refractivity contribution in [1.29, 1.82) is 0 Å². The van der Waals surface area contributed by atoms with E-state index in [0.717, 1.165) is 63.4 Å². The van der Waals surface area contributed by atoms with Gasteiger partial charge in [-0.3, -0.25) is 4.79 Å². The summed E-state index contributed by atoms with van der Waals surface area (Å²) in [6.45, 7) is 4.65. The van der Waals surface area contributed by atoms with Crippen LogP contribution in [-0.2, 0) is 4.79 Å². The van der Waals surface area contributed by atoms with Crippen LogP contribution in [0.15, 0.2) is 72.8 Å². The Labute approximate surface area is 204 Å². The maximum Gasteiger partial charge on any atom is 0.303 e. The van der Waals surface area contributed by atoms with E-state index >= 15 is 0 Å². The summed E-state index contributed by atoms with van der Waals surface area (Å²) in [4.78, 5) is 10.7. The molecule has 4 rings (SSSR count). The minimum atomic E-state index is -0.694. The SMILES string of the molecule is C=C(c1ccccc1)C12CCC(O)C1CC(CCCCCCCCC(=O)O)=C2c1ccccc1. The van der Waals surface area contributed by atoms with E-state index in [1.165, 1.54) is 28.7 Å². The van der Waals surface area contributed by atoms with Crippen LogP contribution in [0.1, 0.15) is 81.8 Å². The van der Waals surface area contributed by atoms with E-state index in [1.54, 1.807) is 0 Å². The van der Waals surface area contributed by atoms with Crippen molar-refractivity contribution < 1.29 is 15.0 Å². The summed E-state index contributed by atoms with van der Waals surface area (Å²) in [5.41, 5.74) is 6.33. The fourth-order valence-electron chi connectivity index (χ4n) is 6.43. The number of hydrogen-bond acceptors (Lipinski definition) is 2. The third-order valence-electron chi connectivity index (χ3n) is 8.04. The average molecular weight is 459 g/mol. The van der Waals surface area contributed by atoms with Gasteiger partial charge in [0, 0.05) is 17.8 Å². The minimum Gasteiger partial charge on any atom is -0.481 e. The van der Waals surface area contributed by atoms with Crippen LogP contribution in [0.4, 0.5) is 0 Å². The molecule has 0 amide bonds. The molecule has 3 atom stereocenters. The molecule has 2 aromatic carbocycles. The van der Waals surface area contributed by atoms with Crippen LogP contribution < -0.4 is 0 Å². The summed E-state index contributed by atoms with van der Waals surface area (Å²) in [6.07, 6.45) is 10.1. The van der Waals surface area contributed by atoms with E-state index in [4.69, 9.17) is 5.11 Å². The molecule has 2 aliphatic rings. The van der Waals surface area contributed by atoms with Crippen molar-refractivity contribution >= 4 is 17.1 Å². The van der Waals surface area contributed by atoms with E-state index in [0.29, 0.717) is 0 Å². The van der Waals surface area contributed by atoms with Crippen molar-refractivity contribution in [3.8, 4) is 0 Å². The van der Waals surface area contributed by atoms with Gasteiger partial charge in [0.15, 0.2) is 0 Å². The molecular formula is C31H38O3. The fourth-order valence-corrected chi connectivity index (χ4v) is 6.43. The van der Waals surface area contributed by atoms with Crippen molar-refractivity contribution in [2.75, 3.05) is 0 Å². The van der Waals surface area contributed by atoms with Gasteiger partial charge < -0.3 is 10.2 Å². The van der Waals surface area contributed by atoms with Crippen molar-refractivity contribution in [2.24, 2.45) is 11.3 Å².